The van der Waals surface area contributed by atoms with Gasteiger partial charge in [0, 0.05) is 29.8 Å². The van der Waals surface area contributed by atoms with Crippen LogP contribution in [0.4, 0.5) is 9.59 Å². The number of alkyl carbamates (subject to hydrolysis) is 1. The predicted molar refractivity (Wildman–Crippen MR) is 173 cm³/mol. The molecule has 10 atom stereocenters. The Morgan fingerprint density at radius 1 is 1.13 bits per heavy atom. The highest BCUT2D eigenvalue weighted by atomic mass is 16.6. The molecule has 7 fully saturated rings. The van der Waals surface area contributed by atoms with E-state index in [4.69, 9.17) is 19.9 Å². The first kappa shape index (κ1) is 32.9. The lowest BCUT2D eigenvalue weighted by atomic mass is 9.41. The van der Waals surface area contributed by atoms with Crippen LogP contribution in [-0.4, -0.2) is 66.2 Å². The monoisotopic (exact) mass is 640 g/mol. The number of nitrogens with one attached hydrogen (secondary N) is 1. The lowest BCUT2D eigenvalue weighted by Crippen LogP contribution is -2.61. The van der Waals surface area contributed by atoms with Gasteiger partial charge in [0.05, 0.1) is 12.1 Å². The van der Waals surface area contributed by atoms with Crippen LogP contribution in [0, 0.1) is 68.9 Å². The summed E-state index contributed by atoms with van der Waals surface area (Å²) in [5, 5.41) is 15.5. The van der Waals surface area contributed by atoms with E-state index in [1.54, 1.807) is 5.92 Å². The minimum atomic E-state index is -0.798. The number of hydrogen-bond donors (Lipinski definition) is 3. The largest absolute Gasteiger partial charge is 0.446 e. The van der Waals surface area contributed by atoms with Crippen molar-refractivity contribution in [3.05, 3.63) is 18.1 Å². The van der Waals surface area contributed by atoms with Crippen molar-refractivity contribution in [2.75, 3.05) is 19.6 Å². The number of aliphatic hydroxyl groups is 1. The summed E-state index contributed by atoms with van der Waals surface area (Å²) >= 11 is 0. The Bertz CT molecular complexity index is 1240. The van der Waals surface area contributed by atoms with E-state index in [0.29, 0.717) is 18.4 Å². The summed E-state index contributed by atoms with van der Waals surface area (Å²) in [4.78, 5) is 27.1. The van der Waals surface area contributed by atoms with E-state index in [2.05, 4.69) is 51.8 Å². The maximum absolute atomic E-state index is 13.0. The molecule has 2 amide bonds. The summed E-state index contributed by atoms with van der Waals surface area (Å²) in [6, 6.07) is 0.188. The molecule has 2 saturated heterocycles. The number of hydrogen-bond acceptors (Lipinski definition) is 7. The van der Waals surface area contributed by atoms with Gasteiger partial charge < -0.3 is 30.4 Å². The Labute approximate surface area is 276 Å². The Morgan fingerprint density at radius 3 is 2.50 bits per heavy atom. The van der Waals surface area contributed by atoms with Crippen molar-refractivity contribution in [1.82, 2.24) is 10.2 Å². The highest BCUT2D eigenvalue weighted by Gasteiger charge is 2.85. The Morgan fingerprint density at radius 2 is 1.85 bits per heavy atom. The van der Waals surface area contributed by atoms with Crippen molar-refractivity contribution in [2.45, 2.75) is 131 Å². The number of ether oxygens (including phenoxy) is 3. The van der Waals surface area contributed by atoms with Gasteiger partial charge in [-0.15, -0.1) is 0 Å². The van der Waals surface area contributed by atoms with E-state index in [0.717, 1.165) is 64.3 Å². The number of nitrogens with zero attached hydrogens (tertiary/aromatic N) is 1. The molecule has 46 heavy (non-hydrogen) atoms. The maximum atomic E-state index is 13.0. The predicted octanol–water partition coefficient (Wildman–Crippen LogP) is 6.00. The molecule has 1 unspecified atom stereocenters. The minimum Gasteiger partial charge on any atom is -0.446 e. The Hall–Kier alpha value is -1.58. The van der Waals surface area contributed by atoms with Crippen molar-refractivity contribution in [2.24, 2.45) is 56.5 Å². The van der Waals surface area contributed by atoms with E-state index in [1.807, 2.05) is 13.8 Å². The van der Waals surface area contributed by atoms with E-state index in [1.165, 1.54) is 6.42 Å². The molecule has 0 aromatic heterocycles. The van der Waals surface area contributed by atoms with Crippen LogP contribution in [0.1, 0.15) is 107 Å². The summed E-state index contributed by atoms with van der Waals surface area (Å²) in [5.41, 5.74) is 5.16. The third kappa shape index (κ3) is 4.28. The molecular weight excluding hydrogens is 582 g/mol. The zero-order valence-corrected chi connectivity index (χ0v) is 29.4. The van der Waals surface area contributed by atoms with Crippen LogP contribution in [0.25, 0.3) is 0 Å². The molecule has 5 saturated carbocycles. The molecule has 3 radical (unpaired) electrons. The van der Waals surface area contributed by atoms with Crippen LogP contribution < -0.4 is 11.1 Å². The Balaban J connectivity index is 1.11. The molecular formula is C37H58N3O6. The van der Waals surface area contributed by atoms with Crippen LogP contribution in [0.2, 0.25) is 0 Å². The normalized spacial score (nSPS) is 46.2. The van der Waals surface area contributed by atoms with Gasteiger partial charge in [-0.05, 0) is 97.8 Å². The first-order chi connectivity index (χ1) is 21.6. The average molecular weight is 641 g/mol. The van der Waals surface area contributed by atoms with Crippen LogP contribution in [0.3, 0.4) is 0 Å². The molecule has 9 nitrogen and oxygen atoms in total. The third-order valence-corrected chi connectivity index (χ3v) is 15.1. The van der Waals surface area contributed by atoms with E-state index in [-0.39, 0.29) is 57.7 Å². The number of nitrogens with two attached hydrogens (primary N) is 1. The maximum Gasteiger partial charge on any atom is 0.407 e. The van der Waals surface area contributed by atoms with Gasteiger partial charge in [0.15, 0.2) is 0 Å². The molecule has 2 aliphatic heterocycles. The highest BCUT2D eigenvalue weighted by molar-refractivity contribution is 5.68. The molecule has 257 valence electrons. The lowest BCUT2D eigenvalue weighted by Gasteiger charge is -2.63. The first-order valence-corrected chi connectivity index (χ1v) is 18.2. The number of likely N-dealkylation sites (N-methyl/N-ethyl adjacent to an activating group) is 1. The minimum absolute atomic E-state index is 0.0104. The second kappa shape index (κ2) is 10.7. The second-order valence-electron chi connectivity index (χ2n) is 17.7. The van der Waals surface area contributed by atoms with E-state index < -0.39 is 23.7 Å². The molecule has 7 rings (SSSR count). The summed E-state index contributed by atoms with van der Waals surface area (Å²) in [7, 11) is 0. The fourth-order valence-electron chi connectivity index (χ4n) is 12.8. The summed E-state index contributed by atoms with van der Waals surface area (Å²) in [6.07, 6.45) is 7.20. The van der Waals surface area contributed by atoms with Crippen LogP contribution in [0.15, 0.2) is 0 Å². The standard InChI is InChI=1S/C37H58N3O6/c1-9-40-17-22(18-40)39-32(43)45-26-12-13-36-19-37(36)15-14-34(7)27-21(4)16-23(28(20(2)3)46-31(38)42)44-29(27)30(41)35(34,8)25(37)11-10-24(36)33(26,5)6/h20-22,24,26-28,30,41H,9-19H2,1-8H3,(H2,38,42)(H,39,43)/t21-,24+,26?,27+,28-,30+,34-,35-,36-,37+/m1/s1. The van der Waals surface area contributed by atoms with Gasteiger partial charge >= 0.3 is 12.2 Å². The molecule has 4 N–H and O–H groups in total. The zero-order valence-electron chi connectivity index (χ0n) is 29.4. The summed E-state index contributed by atoms with van der Waals surface area (Å²) in [5.74, 6) is 2.44. The first-order valence-electron chi connectivity index (χ1n) is 18.2. The molecule has 2 heterocycles. The number of amides is 2. The average Bonchev–Trinajstić information content (AvgIpc) is 3.59. The third-order valence-electron chi connectivity index (χ3n) is 15.1. The van der Waals surface area contributed by atoms with Gasteiger partial charge in [-0.3, -0.25) is 4.90 Å². The van der Waals surface area contributed by atoms with Gasteiger partial charge in [-0.25, -0.2) is 9.59 Å². The van der Waals surface area contributed by atoms with Gasteiger partial charge in [-0.2, -0.15) is 0 Å². The van der Waals surface area contributed by atoms with Gasteiger partial charge in [0.25, 0.3) is 0 Å². The Kier molecular flexibility index (Phi) is 7.67. The number of carbonyl (C=O) groups is 2. The summed E-state index contributed by atoms with van der Waals surface area (Å²) < 4.78 is 18.5. The molecule has 9 heteroatoms. The van der Waals surface area contributed by atoms with Crippen LogP contribution in [0.5, 0.6) is 0 Å². The fourth-order valence-corrected chi connectivity index (χ4v) is 12.8. The SMILES string of the molecule is CCN1CC(NC(=O)OC2CC[C@]34C[C@]35CC[C@]3(C)[C@@H]6[C](O[C]([C@H](OC(N)=O)C(C)C)C[C@H]6C)[C@H](O)[C@@]3(C)[C]5CC[C@H]4C2(C)C)C1. The number of fused-ring (bicyclic) bond motifs is 4. The van der Waals surface area contributed by atoms with Crippen molar-refractivity contribution in [3.63, 3.8) is 0 Å². The quantitative estimate of drug-likeness (QED) is 0.325. The fraction of sp³-hybridized carbons (Fsp3) is 0.865. The molecule has 0 aromatic carbocycles. The van der Waals surface area contributed by atoms with Crippen molar-refractivity contribution < 1.29 is 28.9 Å². The molecule has 2 spiro atoms. The number of rotatable bonds is 6. The van der Waals surface area contributed by atoms with Crippen LogP contribution >= 0.6 is 0 Å². The number of primary amides is 1. The van der Waals surface area contributed by atoms with Gasteiger partial charge in [-0.1, -0.05) is 55.4 Å². The van der Waals surface area contributed by atoms with Gasteiger partial charge in [0.2, 0.25) is 0 Å². The lowest BCUT2D eigenvalue weighted by molar-refractivity contribution is -0.126. The summed E-state index contributed by atoms with van der Waals surface area (Å²) in [6.45, 7) is 20.7. The van der Waals surface area contributed by atoms with E-state index >= 15 is 0 Å². The topological polar surface area (TPSA) is 123 Å². The number of aliphatic hydroxyl groups excluding tert-OH is 1. The van der Waals surface area contributed by atoms with Crippen molar-refractivity contribution >= 4 is 12.2 Å². The smallest absolute Gasteiger partial charge is 0.407 e. The molecule has 5 aliphatic carbocycles. The zero-order chi connectivity index (χ0) is 33.2. The van der Waals surface area contributed by atoms with E-state index in [9.17, 15) is 14.7 Å². The van der Waals surface area contributed by atoms with Crippen LogP contribution in [-0.2, 0) is 14.2 Å². The number of likely N-dealkylation sites (tertiary alicyclic amines) is 1. The highest BCUT2D eigenvalue weighted by Crippen LogP contribution is 2.90. The number of carbonyl (C=O) groups excluding carboxylic acids is 2. The molecule has 7 aliphatic rings. The van der Waals surface area contributed by atoms with Crippen molar-refractivity contribution in [1.29, 1.82) is 0 Å². The molecule has 0 bridgehead atoms. The molecule has 0 aromatic rings. The van der Waals surface area contributed by atoms with Gasteiger partial charge in [0.1, 0.15) is 24.4 Å². The second-order valence-corrected chi connectivity index (χ2v) is 17.7. The van der Waals surface area contributed by atoms with Crippen molar-refractivity contribution in [3.8, 4) is 0 Å².